The standard InChI is InChI=1S/C13H10Cl2N2O/c1-8-3-2-4-10(14)12(8)17-13(18)9-5-6-16-11(15)7-9/h2-7H,1H3,(H,17,18). The molecule has 1 aromatic heterocycles. The molecular weight excluding hydrogens is 271 g/mol. The highest BCUT2D eigenvalue weighted by molar-refractivity contribution is 6.34. The van der Waals surface area contributed by atoms with Crippen molar-refractivity contribution in [1.82, 2.24) is 4.98 Å². The third kappa shape index (κ3) is 2.81. The lowest BCUT2D eigenvalue weighted by atomic mass is 10.2. The second kappa shape index (κ2) is 5.38. The van der Waals surface area contributed by atoms with Crippen LogP contribution < -0.4 is 5.32 Å². The number of carbonyl (C=O) groups excluding carboxylic acids is 1. The molecule has 3 nitrogen and oxygen atoms in total. The number of anilines is 1. The van der Waals surface area contributed by atoms with E-state index >= 15 is 0 Å². The van der Waals surface area contributed by atoms with Gasteiger partial charge in [0.15, 0.2) is 0 Å². The minimum absolute atomic E-state index is 0.268. The van der Waals surface area contributed by atoms with Crippen molar-refractivity contribution in [3.05, 3.63) is 57.8 Å². The van der Waals surface area contributed by atoms with Gasteiger partial charge < -0.3 is 5.32 Å². The Bertz CT molecular complexity index is 579. The molecule has 0 saturated carbocycles. The number of benzene rings is 1. The van der Waals surface area contributed by atoms with Crippen molar-refractivity contribution in [3.8, 4) is 0 Å². The first kappa shape index (κ1) is 12.9. The number of nitrogens with zero attached hydrogens (tertiary/aromatic N) is 1. The number of rotatable bonds is 2. The fourth-order valence-corrected chi connectivity index (χ4v) is 1.96. The molecule has 92 valence electrons. The fourth-order valence-electron chi connectivity index (χ4n) is 1.52. The molecule has 1 N–H and O–H groups in total. The number of aryl methyl sites for hydroxylation is 1. The molecule has 0 spiro atoms. The summed E-state index contributed by atoms with van der Waals surface area (Å²) in [7, 11) is 0. The molecule has 1 aromatic carbocycles. The van der Waals surface area contributed by atoms with Gasteiger partial charge in [0.05, 0.1) is 10.7 Å². The van der Waals surface area contributed by atoms with Gasteiger partial charge in [-0.2, -0.15) is 0 Å². The lowest BCUT2D eigenvalue weighted by Crippen LogP contribution is -2.13. The third-order valence-corrected chi connectivity index (χ3v) is 2.97. The van der Waals surface area contributed by atoms with Gasteiger partial charge in [0.2, 0.25) is 0 Å². The topological polar surface area (TPSA) is 42.0 Å². The molecule has 0 aliphatic carbocycles. The van der Waals surface area contributed by atoms with Crippen molar-refractivity contribution in [2.45, 2.75) is 6.92 Å². The lowest BCUT2D eigenvalue weighted by molar-refractivity contribution is 0.102. The number of nitrogens with one attached hydrogen (secondary N) is 1. The number of pyridine rings is 1. The Morgan fingerprint density at radius 1 is 1.28 bits per heavy atom. The van der Waals surface area contributed by atoms with E-state index in [1.54, 1.807) is 12.1 Å². The molecule has 5 heteroatoms. The molecule has 0 atom stereocenters. The van der Waals surface area contributed by atoms with Gasteiger partial charge in [-0.05, 0) is 30.7 Å². The normalized spacial score (nSPS) is 10.2. The first-order valence-electron chi connectivity index (χ1n) is 5.26. The van der Waals surface area contributed by atoms with Crippen LogP contribution in [0.25, 0.3) is 0 Å². The molecule has 2 aromatic rings. The van der Waals surface area contributed by atoms with E-state index in [2.05, 4.69) is 10.3 Å². The van der Waals surface area contributed by atoms with Crippen molar-refractivity contribution < 1.29 is 4.79 Å². The number of hydrogen-bond donors (Lipinski definition) is 1. The van der Waals surface area contributed by atoms with Crippen LogP contribution in [0.2, 0.25) is 10.2 Å². The molecule has 18 heavy (non-hydrogen) atoms. The predicted octanol–water partition coefficient (Wildman–Crippen LogP) is 3.95. The van der Waals surface area contributed by atoms with Crippen LogP contribution in [0.4, 0.5) is 5.69 Å². The molecule has 1 heterocycles. The van der Waals surface area contributed by atoms with Crippen LogP contribution in [0.15, 0.2) is 36.5 Å². The number of para-hydroxylation sites is 1. The van der Waals surface area contributed by atoms with E-state index in [4.69, 9.17) is 23.2 Å². The van der Waals surface area contributed by atoms with Crippen molar-refractivity contribution in [2.75, 3.05) is 5.32 Å². The summed E-state index contributed by atoms with van der Waals surface area (Å²) >= 11 is 11.8. The van der Waals surface area contributed by atoms with E-state index in [9.17, 15) is 4.79 Å². The Hall–Kier alpha value is -1.58. The summed E-state index contributed by atoms with van der Waals surface area (Å²) in [6.45, 7) is 1.88. The highest BCUT2D eigenvalue weighted by Gasteiger charge is 2.10. The maximum Gasteiger partial charge on any atom is 0.255 e. The molecule has 2 rings (SSSR count). The maximum absolute atomic E-state index is 12.0. The summed E-state index contributed by atoms with van der Waals surface area (Å²) in [6.07, 6.45) is 1.48. The average molecular weight is 281 g/mol. The van der Waals surface area contributed by atoms with E-state index in [1.807, 2.05) is 19.1 Å². The van der Waals surface area contributed by atoms with Gasteiger partial charge in [-0.25, -0.2) is 4.98 Å². The fraction of sp³-hybridized carbons (Fsp3) is 0.0769. The van der Waals surface area contributed by atoms with Gasteiger partial charge in [-0.1, -0.05) is 35.3 Å². The number of carbonyl (C=O) groups is 1. The highest BCUT2D eigenvalue weighted by Crippen LogP contribution is 2.25. The second-order valence-corrected chi connectivity index (χ2v) is 4.55. The minimum atomic E-state index is -0.268. The monoisotopic (exact) mass is 280 g/mol. The van der Waals surface area contributed by atoms with Crippen molar-refractivity contribution in [1.29, 1.82) is 0 Å². The summed E-state index contributed by atoms with van der Waals surface area (Å²) in [5.41, 5.74) is 1.95. The maximum atomic E-state index is 12.0. The Kier molecular flexibility index (Phi) is 3.84. The van der Waals surface area contributed by atoms with Crippen LogP contribution in [-0.2, 0) is 0 Å². The van der Waals surface area contributed by atoms with Crippen LogP contribution in [0.1, 0.15) is 15.9 Å². The molecule has 0 bridgehead atoms. The lowest BCUT2D eigenvalue weighted by Gasteiger charge is -2.10. The average Bonchev–Trinajstić information content (AvgIpc) is 2.34. The van der Waals surface area contributed by atoms with Gasteiger partial charge in [0, 0.05) is 11.8 Å². The van der Waals surface area contributed by atoms with Crippen LogP contribution in [0, 0.1) is 6.92 Å². The summed E-state index contributed by atoms with van der Waals surface area (Å²) < 4.78 is 0. The number of aromatic nitrogens is 1. The molecule has 0 aliphatic heterocycles. The van der Waals surface area contributed by atoms with Gasteiger partial charge in [-0.15, -0.1) is 0 Å². The minimum Gasteiger partial charge on any atom is -0.320 e. The van der Waals surface area contributed by atoms with E-state index in [0.717, 1.165) is 5.56 Å². The summed E-state index contributed by atoms with van der Waals surface area (Å²) in [4.78, 5) is 15.8. The van der Waals surface area contributed by atoms with Gasteiger partial charge in [-0.3, -0.25) is 4.79 Å². The molecule has 0 fully saturated rings. The molecule has 0 aliphatic rings. The number of halogens is 2. The summed E-state index contributed by atoms with van der Waals surface area (Å²) in [6, 6.07) is 8.53. The Morgan fingerprint density at radius 2 is 2.06 bits per heavy atom. The number of amides is 1. The highest BCUT2D eigenvalue weighted by atomic mass is 35.5. The Labute approximate surface area is 115 Å². The van der Waals surface area contributed by atoms with E-state index in [1.165, 1.54) is 12.3 Å². The van der Waals surface area contributed by atoms with Crippen molar-refractivity contribution >= 4 is 34.8 Å². The van der Waals surface area contributed by atoms with Crippen LogP contribution >= 0.6 is 23.2 Å². The first-order chi connectivity index (χ1) is 8.58. The predicted molar refractivity (Wildman–Crippen MR) is 73.4 cm³/mol. The zero-order chi connectivity index (χ0) is 13.1. The Morgan fingerprint density at radius 3 is 2.72 bits per heavy atom. The van der Waals surface area contributed by atoms with Crippen LogP contribution in [0.3, 0.4) is 0 Å². The number of hydrogen-bond acceptors (Lipinski definition) is 2. The molecule has 0 unspecified atom stereocenters. The molecule has 1 amide bonds. The van der Waals surface area contributed by atoms with Crippen LogP contribution in [0.5, 0.6) is 0 Å². The Balaban J connectivity index is 2.27. The van der Waals surface area contributed by atoms with Gasteiger partial charge >= 0.3 is 0 Å². The van der Waals surface area contributed by atoms with Crippen LogP contribution in [-0.4, -0.2) is 10.9 Å². The third-order valence-electron chi connectivity index (χ3n) is 2.45. The first-order valence-corrected chi connectivity index (χ1v) is 6.01. The van der Waals surface area contributed by atoms with Gasteiger partial charge in [0.1, 0.15) is 5.15 Å². The summed E-state index contributed by atoms with van der Waals surface area (Å²) in [5, 5.41) is 3.54. The second-order valence-electron chi connectivity index (χ2n) is 3.75. The zero-order valence-electron chi connectivity index (χ0n) is 9.58. The molecular formula is C13H10Cl2N2O. The van der Waals surface area contributed by atoms with E-state index in [0.29, 0.717) is 16.3 Å². The largest absolute Gasteiger partial charge is 0.320 e. The summed E-state index contributed by atoms with van der Waals surface area (Å²) in [5.74, 6) is -0.268. The molecule has 0 radical (unpaired) electrons. The smallest absolute Gasteiger partial charge is 0.255 e. The van der Waals surface area contributed by atoms with Crippen molar-refractivity contribution in [2.24, 2.45) is 0 Å². The van der Waals surface area contributed by atoms with E-state index < -0.39 is 0 Å². The van der Waals surface area contributed by atoms with Gasteiger partial charge in [0.25, 0.3) is 5.91 Å². The van der Waals surface area contributed by atoms with E-state index in [-0.39, 0.29) is 11.1 Å². The quantitative estimate of drug-likeness (QED) is 0.847. The zero-order valence-corrected chi connectivity index (χ0v) is 11.1. The SMILES string of the molecule is Cc1cccc(Cl)c1NC(=O)c1ccnc(Cl)c1. The molecule has 0 saturated heterocycles. The van der Waals surface area contributed by atoms with Crippen molar-refractivity contribution in [3.63, 3.8) is 0 Å².